The van der Waals surface area contributed by atoms with Crippen molar-refractivity contribution in [1.82, 2.24) is 15.5 Å². The Bertz CT molecular complexity index is 560. The topological polar surface area (TPSA) is 75.2 Å². The van der Waals surface area contributed by atoms with E-state index in [1.807, 2.05) is 17.0 Å². The highest BCUT2D eigenvalue weighted by Gasteiger charge is 2.31. The fraction of sp³-hybridized carbons (Fsp3) is 0.692. The number of nitrogens with zero attached hydrogens (tertiary/aromatic N) is 3. The Morgan fingerprint density at radius 3 is 2.76 bits per heavy atom. The highest BCUT2D eigenvalue weighted by atomic mass is 32.2. The molecule has 0 saturated carbocycles. The Morgan fingerprint density at radius 1 is 1.43 bits per heavy atom. The van der Waals surface area contributed by atoms with Gasteiger partial charge in [0.2, 0.25) is 0 Å². The van der Waals surface area contributed by atoms with Gasteiger partial charge in [0.05, 0.1) is 5.69 Å². The second kappa shape index (κ2) is 6.93. The molecule has 0 aromatic carbocycles. The summed E-state index contributed by atoms with van der Waals surface area (Å²) in [5.74, 6) is 2.13. The van der Waals surface area contributed by atoms with Crippen LogP contribution in [-0.2, 0) is 16.4 Å². The molecule has 0 radical (unpaired) electrons. The molecule has 0 amide bonds. The minimum atomic E-state index is -3.13. The Morgan fingerprint density at radius 2 is 2.19 bits per heavy atom. The van der Waals surface area contributed by atoms with E-state index < -0.39 is 15.2 Å². The molecule has 1 aromatic heterocycles. The molecule has 21 heavy (non-hydrogen) atoms. The third-order valence-electron chi connectivity index (χ3n) is 3.27. The van der Waals surface area contributed by atoms with Crippen LogP contribution in [-0.4, -0.2) is 54.3 Å². The zero-order valence-corrected chi connectivity index (χ0v) is 14.2. The quantitative estimate of drug-likeness (QED) is 0.859. The Labute approximate surface area is 130 Å². The molecule has 1 aromatic rings. The van der Waals surface area contributed by atoms with Crippen molar-refractivity contribution >= 4 is 27.4 Å². The number of nitrogens with one attached hydrogen (secondary N) is 1. The van der Waals surface area contributed by atoms with Crippen molar-refractivity contribution in [3.05, 3.63) is 17.8 Å². The van der Waals surface area contributed by atoms with Gasteiger partial charge in [0.15, 0.2) is 15.7 Å². The smallest absolute Gasteiger partial charge is 0.169 e. The highest BCUT2D eigenvalue weighted by Crippen LogP contribution is 2.24. The molecule has 1 N–H and O–H groups in total. The lowest BCUT2D eigenvalue weighted by Crippen LogP contribution is -2.47. The maximum atomic E-state index is 11.9. The summed E-state index contributed by atoms with van der Waals surface area (Å²) in [5.41, 5.74) is 0.856. The number of rotatable bonds is 5. The fourth-order valence-electron chi connectivity index (χ4n) is 2.11. The monoisotopic (exact) mass is 330 g/mol. The molecule has 1 aliphatic rings. The zero-order valence-electron chi connectivity index (χ0n) is 12.6. The van der Waals surface area contributed by atoms with E-state index in [1.54, 1.807) is 11.8 Å². The summed E-state index contributed by atoms with van der Waals surface area (Å²) < 4.78 is 23.8. The first kappa shape index (κ1) is 16.5. The molecule has 1 unspecified atom stereocenters. The van der Waals surface area contributed by atoms with Gasteiger partial charge in [-0.25, -0.2) is 8.42 Å². The molecule has 1 fully saturated rings. The second-order valence-corrected chi connectivity index (χ2v) is 8.82. The van der Waals surface area contributed by atoms with Gasteiger partial charge in [-0.05, 0) is 12.1 Å². The van der Waals surface area contributed by atoms with Gasteiger partial charge < -0.3 is 10.2 Å². The SMILES string of the molecule is CC(C)NCc1ccc(N2CCSCC2S(C)(=O)=O)nn1. The van der Waals surface area contributed by atoms with Gasteiger partial charge in [-0.1, -0.05) is 13.8 Å². The van der Waals surface area contributed by atoms with E-state index in [0.717, 1.165) is 11.4 Å². The zero-order chi connectivity index (χ0) is 15.5. The molecule has 118 valence electrons. The lowest BCUT2D eigenvalue weighted by Gasteiger charge is -2.34. The minimum Gasteiger partial charge on any atom is -0.337 e. The Hall–Kier alpha value is -0.860. The molecular weight excluding hydrogens is 308 g/mol. The van der Waals surface area contributed by atoms with Crippen molar-refractivity contribution in [1.29, 1.82) is 0 Å². The summed E-state index contributed by atoms with van der Waals surface area (Å²) in [4.78, 5) is 1.85. The molecule has 1 saturated heterocycles. The largest absolute Gasteiger partial charge is 0.337 e. The summed E-state index contributed by atoms with van der Waals surface area (Å²) in [6.07, 6.45) is 1.28. The molecule has 0 aliphatic carbocycles. The van der Waals surface area contributed by atoms with Gasteiger partial charge in [-0.2, -0.15) is 16.9 Å². The van der Waals surface area contributed by atoms with E-state index in [-0.39, 0.29) is 0 Å². The maximum Gasteiger partial charge on any atom is 0.169 e. The van der Waals surface area contributed by atoms with E-state index in [4.69, 9.17) is 0 Å². The summed E-state index contributed by atoms with van der Waals surface area (Å²) in [6, 6.07) is 4.15. The predicted molar refractivity (Wildman–Crippen MR) is 87.3 cm³/mol. The fourth-order valence-corrected chi connectivity index (χ4v) is 4.93. The molecule has 1 aliphatic heterocycles. The number of hydrogen-bond donors (Lipinski definition) is 1. The van der Waals surface area contributed by atoms with Crippen LogP contribution in [0.5, 0.6) is 0 Å². The Kier molecular flexibility index (Phi) is 5.45. The third-order valence-corrected chi connectivity index (χ3v) is 5.91. The number of thioether (sulfide) groups is 1. The molecule has 2 rings (SSSR count). The van der Waals surface area contributed by atoms with Gasteiger partial charge >= 0.3 is 0 Å². The molecule has 0 bridgehead atoms. The molecule has 6 nitrogen and oxygen atoms in total. The first-order valence-electron chi connectivity index (χ1n) is 6.97. The third kappa shape index (κ3) is 4.55. The van der Waals surface area contributed by atoms with Crippen LogP contribution in [0, 0.1) is 0 Å². The van der Waals surface area contributed by atoms with Crippen LogP contribution in [0.15, 0.2) is 12.1 Å². The van der Waals surface area contributed by atoms with Crippen LogP contribution >= 0.6 is 11.8 Å². The van der Waals surface area contributed by atoms with Crippen molar-refractivity contribution in [2.24, 2.45) is 0 Å². The van der Waals surface area contributed by atoms with Crippen LogP contribution in [0.25, 0.3) is 0 Å². The van der Waals surface area contributed by atoms with Gasteiger partial charge in [0.1, 0.15) is 5.37 Å². The predicted octanol–water partition coefficient (Wildman–Crippen LogP) is 0.898. The second-order valence-electron chi connectivity index (χ2n) is 5.47. The molecule has 8 heteroatoms. The van der Waals surface area contributed by atoms with Crippen LogP contribution < -0.4 is 10.2 Å². The standard InChI is InChI=1S/C13H22N4O2S2/c1-10(2)14-8-11-4-5-12(16-15-11)17-6-7-20-9-13(17)21(3,18)19/h4-5,10,13-14H,6-9H2,1-3H3. The lowest BCUT2D eigenvalue weighted by molar-refractivity contribution is 0.574. The highest BCUT2D eigenvalue weighted by molar-refractivity contribution is 8.01. The summed E-state index contributed by atoms with van der Waals surface area (Å²) in [6.45, 7) is 5.49. The van der Waals surface area contributed by atoms with Gasteiger partial charge in [-0.15, -0.1) is 5.10 Å². The molecular formula is C13H22N4O2S2. The average Bonchev–Trinajstić information content (AvgIpc) is 2.45. The normalized spacial score (nSPS) is 20.0. The molecule has 1 atom stereocenters. The van der Waals surface area contributed by atoms with Gasteiger partial charge in [-0.3, -0.25) is 0 Å². The van der Waals surface area contributed by atoms with Crippen LogP contribution in [0.4, 0.5) is 5.82 Å². The van der Waals surface area contributed by atoms with E-state index >= 15 is 0 Å². The van der Waals surface area contributed by atoms with E-state index in [1.165, 1.54) is 6.26 Å². The summed E-state index contributed by atoms with van der Waals surface area (Å²) >= 11 is 1.66. The molecule has 0 spiro atoms. The Balaban J connectivity index is 2.12. The summed E-state index contributed by atoms with van der Waals surface area (Å²) in [7, 11) is -3.13. The average molecular weight is 330 g/mol. The van der Waals surface area contributed by atoms with Crippen LogP contribution in [0.1, 0.15) is 19.5 Å². The van der Waals surface area contributed by atoms with E-state index in [9.17, 15) is 8.42 Å². The first-order chi connectivity index (χ1) is 9.88. The first-order valence-corrected chi connectivity index (χ1v) is 10.1. The maximum absolute atomic E-state index is 11.9. The van der Waals surface area contributed by atoms with Crippen molar-refractivity contribution in [3.8, 4) is 0 Å². The number of anilines is 1. The summed E-state index contributed by atoms with van der Waals surface area (Å²) in [5, 5.41) is 11.2. The number of aromatic nitrogens is 2. The molecule has 2 heterocycles. The minimum absolute atomic E-state index is 0.389. The van der Waals surface area contributed by atoms with Crippen molar-refractivity contribution < 1.29 is 8.42 Å². The van der Waals surface area contributed by atoms with Gasteiger partial charge in [0.25, 0.3) is 0 Å². The van der Waals surface area contributed by atoms with Crippen LogP contribution in [0.2, 0.25) is 0 Å². The number of sulfone groups is 1. The van der Waals surface area contributed by atoms with Crippen molar-refractivity contribution in [3.63, 3.8) is 0 Å². The lowest BCUT2D eigenvalue weighted by atomic mass is 10.3. The van der Waals surface area contributed by atoms with E-state index in [0.29, 0.717) is 30.7 Å². The van der Waals surface area contributed by atoms with Gasteiger partial charge in [0, 0.05) is 36.9 Å². The van der Waals surface area contributed by atoms with Crippen molar-refractivity contribution in [2.75, 3.05) is 29.2 Å². The van der Waals surface area contributed by atoms with Crippen LogP contribution in [0.3, 0.4) is 0 Å². The van der Waals surface area contributed by atoms with Crippen molar-refractivity contribution in [2.45, 2.75) is 31.8 Å². The van der Waals surface area contributed by atoms with E-state index in [2.05, 4.69) is 29.4 Å². The number of hydrogen-bond acceptors (Lipinski definition) is 7.